The molecule has 0 saturated carbocycles. The zero-order chi connectivity index (χ0) is 67.4. The van der Waals surface area contributed by atoms with Gasteiger partial charge in [-0.2, -0.15) is 0 Å². The Morgan fingerprint density at radius 2 is 1.04 bits per heavy atom. The molecule has 11 unspecified atom stereocenters. The van der Waals surface area contributed by atoms with Gasteiger partial charge in [-0.3, -0.25) is 30.4 Å². The van der Waals surface area contributed by atoms with Gasteiger partial charge >= 0.3 is 18.3 Å². The van der Waals surface area contributed by atoms with Crippen LogP contribution in [0, 0.1) is 17.3 Å². The molecule has 11 atom stereocenters. The van der Waals surface area contributed by atoms with Gasteiger partial charge in [-0.05, 0) is 77.6 Å². The van der Waals surface area contributed by atoms with Crippen LogP contribution in [0.5, 0.6) is 0 Å². The number of aliphatic hydroxyl groups excluding tert-OH is 2. The van der Waals surface area contributed by atoms with Gasteiger partial charge in [-0.15, -0.1) is 11.3 Å². The van der Waals surface area contributed by atoms with Crippen molar-refractivity contribution < 1.29 is 67.3 Å². The standard InChI is InChI=1S/C37H47N5O7.C34H37N5O7S/c1-24(43)39-33(37(2,3)4)34(45)41-42(21-26-13-15-27(16-14-26)29-12-8-9-18-38-29)22-31(44)30(20-25-10-6-5-7-11-25)40-36(46)49-32-23-48-35-28(32)17-19-47-35;40-30(29(16-23-6-2-1-3-7-23)37-33(41)46-31-20-44-32-27(31)13-15-43-32)18-39(38-34(42)45-19-26-21-47-22-36-26)17-24-9-11-25(12-10-24)28-8-4-5-14-35-28/h5-16,18,28,30-33,35,44H,17,19-23H2,1-4H3,(H,39,43)(H,40,46)(H,41,45);1-12,14,21-22,27,29-32,40H,13,15-20H2,(H,37,41)(H,38,42). The zero-order valence-corrected chi connectivity index (χ0v) is 55.0. The van der Waals surface area contributed by atoms with Crippen LogP contribution in [0.3, 0.4) is 0 Å². The first kappa shape index (κ1) is 70.1. The number of amides is 5. The van der Waals surface area contributed by atoms with Gasteiger partial charge < -0.3 is 59.3 Å². The van der Waals surface area contributed by atoms with Crippen molar-refractivity contribution in [3.05, 3.63) is 197 Å². The van der Waals surface area contributed by atoms with Crippen LogP contribution in [-0.2, 0) is 75.3 Å². The van der Waals surface area contributed by atoms with E-state index in [0.29, 0.717) is 31.7 Å². The minimum atomic E-state index is -1.14. The van der Waals surface area contributed by atoms with Crippen LogP contribution in [0.4, 0.5) is 14.4 Å². The summed E-state index contributed by atoms with van der Waals surface area (Å²) in [6.45, 7) is 8.99. The maximum absolute atomic E-state index is 13.7. The molecule has 4 fully saturated rings. The third-order valence-corrected chi connectivity index (χ3v) is 17.5. The highest BCUT2D eigenvalue weighted by molar-refractivity contribution is 7.07. The van der Waals surface area contributed by atoms with Gasteiger partial charge in [0.1, 0.15) is 24.9 Å². The number of thiazole rings is 1. The molecular weight excluding hydrogens is 1250 g/mol. The zero-order valence-electron chi connectivity index (χ0n) is 54.1. The largest absolute Gasteiger partial charge is 0.443 e. The molecule has 24 nitrogen and oxygen atoms in total. The molecule has 4 aromatic carbocycles. The Balaban J connectivity index is 0.000000209. The van der Waals surface area contributed by atoms with Crippen LogP contribution in [0.1, 0.15) is 68.5 Å². The van der Waals surface area contributed by atoms with Crippen molar-refractivity contribution in [2.45, 2.75) is 128 Å². The molecule has 7 heterocycles. The van der Waals surface area contributed by atoms with Crippen molar-refractivity contribution >= 4 is 41.4 Å². The summed E-state index contributed by atoms with van der Waals surface area (Å²) < 4.78 is 39.3. The van der Waals surface area contributed by atoms with Crippen LogP contribution in [-0.4, -0.2) is 160 Å². The molecule has 5 amide bonds. The average Bonchev–Trinajstić information content (AvgIpc) is 1.62. The number of carbonyl (C=O) groups is 5. The number of hydrazine groups is 2. The lowest BCUT2D eigenvalue weighted by Crippen LogP contribution is -2.59. The first-order valence-electron chi connectivity index (χ1n) is 32.2. The quantitative estimate of drug-likeness (QED) is 0.0200. The topological polar surface area (TPSA) is 296 Å². The molecule has 4 aliphatic rings. The second kappa shape index (κ2) is 34.3. The fraction of sp³-hybridized carbons (Fsp3) is 0.408. The fourth-order valence-corrected chi connectivity index (χ4v) is 12.4. The van der Waals surface area contributed by atoms with Gasteiger partial charge in [0.15, 0.2) is 12.6 Å². The van der Waals surface area contributed by atoms with Gasteiger partial charge in [-0.25, -0.2) is 29.4 Å². The van der Waals surface area contributed by atoms with E-state index in [0.717, 1.165) is 57.6 Å². The summed E-state index contributed by atoms with van der Waals surface area (Å²) in [5.41, 5.74) is 14.5. The maximum Gasteiger partial charge on any atom is 0.422 e. The van der Waals surface area contributed by atoms with Crippen LogP contribution >= 0.6 is 11.3 Å². The van der Waals surface area contributed by atoms with Crippen molar-refractivity contribution in [3.8, 4) is 22.5 Å². The number of hydrogen-bond donors (Lipinski definition) is 7. The van der Waals surface area contributed by atoms with E-state index in [1.54, 1.807) is 33.3 Å². The first-order valence-corrected chi connectivity index (χ1v) is 33.1. The lowest BCUT2D eigenvalue weighted by molar-refractivity contribution is -0.135. The summed E-state index contributed by atoms with van der Waals surface area (Å²) in [4.78, 5) is 78.0. The number of rotatable bonds is 26. The lowest BCUT2D eigenvalue weighted by Gasteiger charge is -2.34. The van der Waals surface area contributed by atoms with Crippen LogP contribution in [0.25, 0.3) is 22.5 Å². The average molecular weight is 1330 g/mol. The Bertz CT molecular complexity index is 3570. The molecule has 4 saturated heterocycles. The van der Waals surface area contributed by atoms with E-state index in [1.807, 2.05) is 166 Å². The molecule has 508 valence electrons. The summed E-state index contributed by atoms with van der Waals surface area (Å²) >= 11 is 1.41. The van der Waals surface area contributed by atoms with Gasteiger partial charge in [0.05, 0.1) is 85.1 Å². The van der Waals surface area contributed by atoms with Crippen molar-refractivity contribution in [2.24, 2.45) is 17.3 Å². The van der Waals surface area contributed by atoms with Crippen molar-refractivity contribution in [3.63, 3.8) is 0 Å². The number of carbonyl (C=O) groups excluding carboxylic acids is 5. The molecule has 7 aromatic rings. The summed E-state index contributed by atoms with van der Waals surface area (Å²) in [6.07, 6.45) is -0.274. The molecule has 4 aliphatic heterocycles. The Labute approximate surface area is 562 Å². The van der Waals surface area contributed by atoms with Gasteiger partial charge in [0.2, 0.25) is 5.91 Å². The summed E-state index contributed by atoms with van der Waals surface area (Å²) in [5.74, 6) is -0.809. The van der Waals surface area contributed by atoms with Gasteiger partial charge in [0.25, 0.3) is 5.91 Å². The highest BCUT2D eigenvalue weighted by atomic mass is 32.1. The number of benzene rings is 4. The predicted octanol–water partition coefficient (Wildman–Crippen LogP) is 7.90. The minimum Gasteiger partial charge on any atom is -0.443 e. The molecule has 11 rings (SSSR count). The highest BCUT2D eigenvalue weighted by Gasteiger charge is 2.46. The smallest absolute Gasteiger partial charge is 0.422 e. The van der Waals surface area contributed by atoms with E-state index in [2.05, 4.69) is 41.8 Å². The number of nitrogens with one attached hydrogen (secondary N) is 5. The number of alkyl carbamates (subject to hydrolysis) is 2. The van der Waals surface area contributed by atoms with E-state index in [9.17, 15) is 34.2 Å². The summed E-state index contributed by atoms with van der Waals surface area (Å²) in [7, 11) is 0. The Kier molecular flexibility index (Phi) is 25.0. The first-order chi connectivity index (χ1) is 46.5. The number of nitrogens with zero attached hydrogens (tertiary/aromatic N) is 5. The van der Waals surface area contributed by atoms with E-state index in [-0.39, 0.29) is 76.3 Å². The van der Waals surface area contributed by atoms with E-state index >= 15 is 0 Å². The number of pyridine rings is 2. The molecule has 96 heavy (non-hydrogen) atoms. The van der Waals surface area contributed by atoms with E-state index in [1.165, 1.54) is 18.3 Å². The molecule has 25 heteroatoms. The third-order valence-electron chi connectivity index (χ3n) is 16.8. The molecule has 0 radical (unpaired) electrons. The van der Waals surface area contributed by atoms with Crippen molar-refractivity contribution in [2.75, 3.05) is 39.5 Å². The van der Waals surface area contributed by atoms with Gasteiger partial charge in [0, 0.05) is 62.0 Å². The summed E-state index contributed by atoms with van der Waals surface area (Å²) in [5, 5.41) is 36.8. The van der Waals surface area contributed by atoms with Crippen LogP contribution in [0.15, 0.2) is 169 Å². The molecule has 0 bridgehead atoms. The minimum absolute atomic E-state index is 0.00625. The SMILES string of the molecule is CC(=O)NC(C(=O)NN(Cc1ccc(-c2ccccn2)cc1)CC(O)C(Cc1ccccc1)NC(=O)OC1COC2OCCC12)C(C)(C)C.O=C(NN(Cc1ccc(-c2ccccn2)cc1)CC(O)C(Cc1ccccc1)NC(=O)OC1COC2OCCC12)OCc1cscn1. The second-order valence-corrected chi connectivity index (χ2v) is 25.9. The Hall–Kier alpha value is -8.76. The maximum atomic E-state index is 13.7. The fourth-order valence-electron chi connectivity index (χ4n) is 11.8. The lowest BCUT2D eigenvalue weighted by atomic mass is 9.86. The third kappa shape index (κ3) is 20.6. The van der Waals surface area contributed by atoms with Crippen LogP contribution in [0.2, 0.25) is 0 Å². The summed E-state index contributed by atoms with van der Waals surface area (Å²) in [6, 6.07) is 43.7. The predicted molar refractivity (Wildman–Crippen MR) is 355 cm³/mol. The number of ether oxygens (including phenoxy) is 7. The van der Waals surface area contributed by atoms with Gasteiger partial charge in [-0.1, -0.05) is 142 Å². The Morgan fingerprint density at radius 1 is 0.573 bits per heavy atom. The molecule has 7 N–H and O–H groups in total. The number of fused-ring (bicyclic) bond motifs is 2. The molecule has 0 aliphatic carbocycles. The molecule has 0 spiro atoms. The monoisotopic (exact) mass is 1330 g/mol. The number of aliphatic hydroxyl groups is 2. The number of hydrogen-bond acceptors (Lipinski definition) is 20. The molecular formula is C71H84N10O14S. The van der Waals surface area contributed by atoms with E-state index in [4.69, 9.17) is 33.2 Å². The molecule has 3 aromatic heterocycles. The second-order valence-electron chi connectivity index (χ2n) is 25.2. The van der Waals surface area contributed by atoms with Crippen molar-refractivity contribution in [1.29, 1.82) is 0 Å². The Morgan fingerprint density at radius 3 is 1.47 bits per heavy atom. The highest BCUT2D eigenvalue weighted by Crippen LogP contribution is 2.34. The van der Waals surface area contributed by atoms with E-state index < -0.39 is 72.1 Å². The van der Waals surface area contributed by atoms with Crippen molar-refractivity contribution in [1.82, 2.24) is 51.8 Å². The normalized spacial score (nSPS) is 20.2. The number of aromatic nitrogens is 3. The van der Waals surface area contributed by atoms with Crippen LogP contribution < -0.4 is 26.8 Å².